The average Bonchev–Trinajstić information content (AvgIpc) is 3.52. The Morgan fingerprint density at radius 1 is 0.431 bits per heavy atom. The summed E-state index contributed by atoms with van der Waals surface area (Å²) in [6.07, 6.45) is 0. The van der Waals surface area contributed by atoms with Gasteiger partial charge in [0.05, 0.1) is 5.56 Å². The van der Waals surface area contributed by atoms with Crippen LogP contribution in [0.15, 0.2) is 127 Å². The Morgan fingerprint density at radius 3 is 1.43 bits per heavy atom. The van der Waals surface area contributed by atoms with Gasteiger partial charge in [0.1, 0.15) is 0 Å². The van der Waals surface area contributed by atoms with Crippen LogP contribution >= 0.6 is 0 Å². The Balaban J connectivity index is 0.000000147. The lowest BCUT2D eigenvalue weighted by Crippen LogP contribution is -2.22. The first kappa shape index (κ1) is 32.0. The zero-order valence-electron chi connectivity index (χ0n) is 28.7. The molecule has 5 heteroatoms. The fourth-order valence-electron chi connectivity index (χ4n) is 8.16. The average molecular weight is 667 g/mol. The summed E-state index contributed by atoms with van der Waals surface area (Å²) in [4.78, 5) is 50.4. The van der Waals surface area contributed by atoms with Gasteiger partial charge in [-0.2, -0.15) is 0 Å². The number of rotatable bonds is 3. The molecular weight excluding hydrogens is 633 g/mol. The second kappa shape index (κ2) is 11.4. The van der Waals surface area contributed by atoms with E-state index in [1.165, 1.54) is 22.8 Å². The monoisotopic (exact) mass is 666 g/mol. The van der Waals surface area contributed by atoms with Crippen molar-refractivity contribution < 1.29 is 24.3 Å². The van der Waals surface area contributed by atoms with Crippen LogP contribution in [0, 0.1) is 0 Å². The standard InChI is InChI=1S/C23H18O3.C23H16O2/c1-23(2)19-10-6-5-7-15(19)16-12-11-14(13-20(16)23)21(24)17-8-3-4-9-18(17)22(25)26;1-23(2)19-10-6-5-7-13(19)16-11-17-18(12-20(16)23)22(25)15-9-4-3-8-14(15)21(17)24/h3-13H,1-2H3,(H,25,26);3-12H,1-2H3. The molecule has 0 aliphatic heterocycles. The zero-order valence-corrected chi connectivity index (χ0v) is 28.7. The predicted octanol–water partition coefficient (Wildman–Crippen LogP) is 9.69. The largest absolute Gasteiger partial charge is 0.478 e. The lowest BCUT2D eigenvalue weighted by molar-refractivity contribution is 0.0692. The molecule has 0 saturated heterocycles. The summed E-state index contributed by atoms with van der Waals surface area (Å²) in [5, 5.41) is 9.37. The molecule has 3 aliphatic rings. The van der Waals surface area contributed by atoms with Crippen LogP contribution < -0.4 is 0 Å². The third-order valence-electron chi connectivity index (χ3n) is 10.9. The second-order valence-corrected chi connectivity index (χ2v) is 14.4. The van der Waals surface area contributed by atoms with Gasteiger partial charge in [0.25, 0.3) is 0 Å². The van der Waals surface area contributed by atoms with E-state index >= 15 is 0 Å². The highest BCUT2D eigenvalue weighted by Gasteiger charge is 2.39. The Hall–Kier alpha value is -6.20. The van der Waals surface area contributed by atoms with Gasteiger partial charge in [-0.1, -0.05) is 131 Å². The summed E-state index contributed by atoms with van der Waals surface area (Å²) in [6, 6.07) is 39.5. The van der Waals surface area contributed by atoms with Gasteiger partial charge in [0.2, 0.25) is 0 Å². The maximum atomic E-state index is 13.0. The number of benzene rings is 6. The van der Waals surface area contributed by atoms with E-state index in [-0.39, 0.29) is 39.3 Å². The highest BCUT2D eigenvalue weighted by Crippen LogP contribution is 2.51. The minimum Gasteiger partial charge on any atom is -0.478 e. The molecule has 0 saturated carbocycles. The van der Waals surface area contributed by atoms with E-state index in [0.717, 1.165) is 27.8 Å². The normalized spacial score (nSPS) is 14.9. The molecule has 0 bridgehead atoms. The van der Waals surface area contributed by atoms with Crippen LogP contribution in [0.4, 0.5) is 0 Å². The van der Waals surface area contributed by atoms with Crippen molar-refractivity contribution in [1.82, 2.24) is 0 Å². The molecule has 1 N–H and O–H groups in total. The van der Waals surface area contributed by atoms with Gasteiger partial charge in [0, 0.05) is 44.2 Å². The lowest BCUT2D eigenvalue weighted by atomic mass is 9.78. The van der Waals surface area contributed by atoms with E-state index in [4.69, 9.17) is 0 Å². The van der Waals surface area contributed by atoms with Gasteiger partial charge in [-0.05, 0) is 68.8 Å². The van der Waals surface area contributed by atoms with Crippen molar-refractivity contribution in [3.05, 3.63) is 189 Å². The van der Waals surface area contributed by atoms with E-state index in [2.05, 4.69) is 52.0 Å². The number of hydrogen-bond acceptors (Lipinski definition) is 4. The number of carbonyl (C=O) groups is 4. The Labute approximate surface area is 296 Å². The summed E-state index contributed by atoms with van der Waals surface area (Å²) in [5.41, 5.74) is 11.7. The second-order valence-electron chi connectivity index (χ2n) is 14.4. The summed E-state index contributed by atoms with van der Waals surface area (Å²) < 4.78 is 0. The smallest absolute Gasteiger partial charge is 0.336 e. The first-order valence-corrected chi connectivity index (χ1v) is 17.0. The molecule has 0 amide bonds. The van der Waals surface area contributed by atoms with Gasteiger partial charge in [-0.15, -0.1) is 0 Å². The molecule has 0 aromatic heterocycles. The molecule has 0 heterocycles. The van der Waals surface area contributed by atoms with Crippen LogP contribution in [0.2, 0.25) is 0 Å². The van der Waals surface area contributed by atoms with Crippen molar-refractivity contribution >= 4 is 23.3 Å². The van der Waals surface area contributed by atoms with Gasteiger partial charge >= 0.3 is 5.97 Å². The molecule has 248 valence electrons. The molecular formula is C46H34O5. The molecule has 5 nitrogen and oxygen atoms in total. The SMILES string of the molecule is CC1(C)c2ccccc2-c2cc3c(cc21)C(=O)c1ccccc1C3=O.CC1(C)c2ccccc2-c2ccc(C(=O)c3ccccc3C(=O)O)cc21. The van der Waals surface area contributed by atoms with E-state index in [1.807, 2.05) is 54.6 Å². The van der Waals surface area contributed by atoms with Gasteiger partial charge in [-0.3, -0.25) is 14.4 Å². The number of carboxylic acids is 1. The molecule has 0 fully saturated rings. The number of aromatic carboxylic acids is 1. The van der Waals surface area contributed by atoms with Crippen molar-refractivity contribution in [2.45, 2.75) is 38.5 Å². The summed E-state index contributed by atoms with van der Waals surface area (Å²) in [7, 11) is 0. The Morgan fingerprint density at radius 2 is 0.863 bits per heavy atom. The third kappa shape index (κ3) is 4.76. The van der Waals surface area contributed by atoms with Crippen LogP contribution in [0.25, 0.3) is 22.3 Å². The molecule has 0 radical (unpaired) electrons. The van der Waals surface area contributed by atoms with E-state index in [9.17, 15) is 24.3 Å². The van der Waals surface area contributed by atoms with E-state index in [1.54, 1.807) is 42.5 Å². The van der Waals surface area contributed by atoms with Crippen LogP contribution in [-0.4, -0.2) is 28.4 Å². The minimum absolute atomic E-state index is 0.0283. The van der Waals surface area contributed by atoms with Gasteiger partial charge in [-0.25, -0.2) is 4.79 Å². The van der Waals surface area contributed by atoms with Crippen molar-refractivity contribution in [1.29, 1.82) is 0 Å². The molecule has 6 aromatic carbocycles. The number of carboxylic acid groups (broad SMARTS) is 1. The lowest BCUT2D eigenvalue weighted by Gasteiger charge is -2.24. The Kier molecular flexibility index (Phi) is 7.18. The minimum atomic E-state index is -1.09. The van der Waals surface area contributed by atoms with Crippen molar-refractivity contribution in [3.63, 3.8) is 0 Å². The predicted molar refractivity (Wildman–Crippen MR) is 198 cm³/mol. The first-order valence-electron chi connectivity index (χ1n) is 17.0. The number of carbonyl (C=O) groups excluding carboxylic acids is 3. The molecule has 0 spiro atoms. The van der Waals surface area contributed by atoms with E-state index in [0.29, 0.717) is 27.8 Å². The molecule has 51 heavy (non-hydrogen) atoms. The van der Waals surface area contributed by atoms with Crippen LogP contribution in [0.5, 0.6) is 0 Å². The summed E-state index contributed by atoms with van der Waals surface area (Å²) in [5.74, 6) is -1.48. The van der Waals surface area contributed by atoms with Crippen LogP contribution in [0.1, 0.15) is 108 Å². The topological polar surface area (TPSA) is 88.5 Å². The number of fused-ring (bicyclic) bond motifs is 8. The molecule has 9 rings (SSSR count). The van der Waals surface area contributed by atoms with Gasteiger partial charge in [0.15, 0.2) is 17.3 Å². The molecule has 6 aromatic rings. The zero-order chi connectivity index (χ0) is 35.8. The summed E-state index contributed by atoms with van der Waals surface area (Å²) in [6.45, 7) is 8.65. The first-order chi connectivity index (χ1) is 24.4. The number of hydrogen-bond donors (Lipinski definition) is 1. The maximum absolute atomic E-state index is 13.0. The van der Waals surface area contributed by atoms with Crippen LogP contribution in [-0.2, 0) is 10.8 Å². The Bertz CT molecular complexity index is 2510. The molecule has 3 aliphatic carbocycles. The van der Waals surface area contributed by atoms with Gasteiger partial charge < -0.3 is 5.11 Å². The fraction of sp³-hybridized carbons (Fsp3) is 0.130. The molecule has 0 atom stereocenters. The number of ketones is 3. The molecule has 0 unspecified atom stereocenters. The van der Waals surface area contributed by atoms with Crippen molar-refractivity contribution in [3.8, 4) is 22.3 Å². The van der Waals surface area contributed by atoms with E-state index < -0.39 is 5.97 Å². The van der Waals surface area contributed by atoms with Crippen molar-refractivity contribution in [2.75, 3.05) is 0 Å². The summed E-state index contributed by atoms with van der Waals surface area (Å²) >= 11 is 0. The quantitative estimate of drug-likeness (QED) is 0.190. The fourth-order valence-corrected chi connectivity index (χ4v) is 8.16. The maximum Gasteiger partial charge on any atom is 0.336 e. The van der Waals surface area contributed by atoms with Crippen LogP contribution in [0.3, 0.4) is 0 Å². The third-order valence-corrected chi connectivity index (χ3v) is 10.9. The highest BCUT2D eigenvalue weighted by atomic mass is 16.4. The highest BCUT2D eigenvalue weighted by molar-refractivity contribution is 6.29. The van der Waals surface area contributed by atoms with Crippen molar-refractivity contribution in [2.24, 2.45) is 0 Å².